The van der Waals surface area contributed by atoms with Crippen molar-refractivity contribution in [2.45, 2.75) is 18.8 Å². The van der Waals surface area contributed by atoms with Crippen LogP contribution in [0.5, 0.6) is 0 Å². The first kappa shape index (κ1) is 21.2. The molecule has 0 heterocycles. The highest BCUT2D eigenvalue weighted by atomic mass is 35.5. The van der Waals surface area contributed by atoms with Gasteiger partial charge in [-0.05, 0) is 70.8 Å². The molecule has 1 atom stereocenters. The maximum absolute atomic E-state index is 9.08. The average molecular weight is 442 g/mol. The lowest BCUT2D eigenvalue weighted by Crippen LogP contribution is -2.08. The van der Waals surface area contributed by atoms with E-state index in [4.69, 9.17) is 28.5 Å². The number of nitriles is 1. The van der Waals surface area contributed by atoms with Crippen LogP contribution in [0.2, 0.25) is 10.0 Å². The third kappa shape index (κ3) is 5.17. The molecule has 0 saturated heterocycles. The van der Waals surface area contributed by atoms with Gasteiger partial charge in [-0.3, -0.25) is 0 Å². The van der Waals surface area contributed by atoms with Gasteiger partial charge < -0.3 is 0 Å². The molecule has 152 valence electrons. The van der Waals surface area contributed by atoms with E-state index in [0.29, 0.717) is 15.6 Å². The van der Waals surface area contributed by atoms with Crippen molar-refractivity contribution in [3.05, 3.63) is 129 Å². The molecule has 4 rings (SSSR count). The first-order valence-electron chi connectivity index (χ1n) is 10.2. The van der Waals surface area contributed by atoms with Crippen molar-refractivity contribution in [3.63, 3.8) is 0 Å². The molecule has 0 spiro atoms. The maximum Gasteiger partial charge on any atom is 0.0991 e. The Hall–Kier alpha value is -3.05. The summed E-state index contributed by atoms with van der Waals surface area (Å²) in [6, 6.07) is 34.6. The summed E-state index contributed by atoms with van der Waals surface area (Å²) in [6.07, 6.45) is 1.61. The second-order valence-electron chi connectivity index (χ2n) is 7.61. The first-order chi connectivity index (χ1) is 15.1. The molecule has 0 bridgehead atoms. The van der Waals surface area contributed by atoms with E-state index in [1.54, 1.807) is 0 Å². The lowest BCUT2D eigenvalue weighted by Gasteiger charge is -2.21. The third-order valence-electron chi connectivity index (χ3n) is 5.52. The highest BCUT2D eigenvalue weighted by molar-refractivity contribution is 6.36. The van der Waals surface area contributed by atoms with Crippen LogP contribution in [0, 0.1) is 11.3 Å². The second-order valence-corrected chi connectivity index (χ2v) is 8.43. The molecule has 0 aliphatic carbocycles. The van der Waals surface area contributed by atoms with Gasteiger partial charge in [0, 0.05) is 10.0 Å². The summed E-state index contributed by atoms with van der Waals surface area (Å²) in [7, 11) is 0. The van der Waals surface area contributed by atoms with Crippen LogP contribution < -0.4 is 0 Å². The van der Waals surface area contributed by atoms with Crippen LogP contribution in [0.1, 0.15) is 28.2 Å². The Balaban J connectivity index is 1.63. The Morgan fingerprint density at radius 2 is 1.13 bits per heavy atom. The van der Waals surface area contributed by atoms with Crippen molar-refractivity contribution < 1.29 is 0 Å². The largest absolute Gasteiger partial charge is 0.192 e. The van der Waals surface area contributed by atoms with Crippen LogP contribution in [-0.2, 0) is 12.8 Å². The van der Waals surface area contributed by atoms with Gasteiger partial charge in [-0.1, -0.05) is 96.0 Å². The molecule has 3 heteroatoms. The average Bonchev–Trinajstić information content (AvgIpc) is 2.80. The monoisotopic (exact) mass is 441 g/mol. The van der Waals surface area contributed by atoms with Crippen LogP contribution in [0.3, 0.4) is 0 Å². The zero-order chi connectivity index (χ0) is 21.6. The molecule has 0 N–H and O–H groups in total. The van der Waals surface area contributed by atoms with Crippen molar-refractivity contribution in [1.29, 1.82) is 5.26 Å². The van der Waals surface area contributed by atoms with E-state index < -0.39 is 0 Å². The Labute approximate surface area is 193 Å². The lowest BCUT2D eigenvalue weighted by atomic mass is 9.86. The molecule has 0 radical (unpaired) electrons. The predicted molar refractivity (Wildman–Crippen MR) is 130 cm³/mol. The van der Waals surface area contributed by atoms with Crippen LogP contribution in [0.4, 0.5) is 0 Å². The topological polar surface area (TPSA) is 23.8 Å². The number of benzene rings is 4. The fraction of sp³-hybridized carbons (Fsp3) is 0.107. The molecule has 4 aromatic rings. The smallest absolute Gasteiger partial charge is 0.0991 e. The van der Waals surface area contributed by atoms with E-state index >= 15 is 0 Å². The van der Waals surface area contributed by atoms with Gasteiger partial charge in [0.25, 0.3) is 0 Å². The maximum atomic E-state index is 9.08. The van der Waals surface area contributed by atoms with Gasteiger partial charge in [-0.2, -0.15) is 5.26 Å². The first-order valence-corrected chi connectivity index (χ1v) is 11.0. The molecule has 4 aromatic carbocycles. The van der Waals surface area contributed by atoms with E-state index in [9.17, 15) is 0 Å². The van der Waals surface area contributed by atoms with Crippen molar-refractivity contribution in [2.24, 2.45) is 0 Å². The van der Waals surface area contributed by atoms with Crippen molar-refractivity contribution >= 4 is 23.2 Å². The summed E-state index contributed by atoms with van der Waals surface area (Å²) in [6.45, 7) is 0. The molecule has 31 heavy (non-hydrogen) atoms. The van der Waals surface area contributed by atoms with Gasteiger partial charge in [-0.25, -0.2) is 0 Å². The van der Waals surface area contributed by atoms with Gasteiger partial charge in [0.05, 0.1) is 11.6 Å². The minimum Gasteiger partial charge on any atom is -0.192 e. The summed E-state index contributed by atoms with van der Waals surface area (Å²) in [4.78, 5) is 0. The number of hydrogen-bond acceptors (Lipinski definition) is 1. The lowest BCUT2D eigenvalue weighted by molar-refractivity contribution is 0.680. The fourth-order valence-electron chi connectivity index (χ4n) is 3.93. The van der Waals surface area contributed by atoms with Gasteiger partial charge in [0.1, 0.15) is 0 Å². The summed E-state index contributed by atoms with van der Waals surface area (Å²) >= 11 is 13.2. The molecule has 0 aliphatic heterocycles. The summed E-state index contributed by atoms with van der Waals surface area (Å²) in [5.41, 5.74) is 6.42. The molecular weight excluding hydrogens is 421 g/mol. The molecular formula is C28H21Cl2N. The van der Waals surface area contributed by atoms with E-state index in [0.717, 1.165) is 24.0 Å². The van der Waals surface area contributed by atoms with Crippen LogP contribution >= 0.6 is 23.2 Å². The summed E-state index contributed by atoms with van der Waals surface area (Å²) in [5, 5.41) is 10.5. The van der Waals surface area contributed by atoms with Crippen molar-refractivity contribution in [1.82, 2.24) is 0 Å². The Morgan fingerprint density at radius 1 is 0.613 bits per heavy atom. The van der Waals surface area contributed by atoms with E-state index in [1.807, 2.05) is 48.5 Å². The Morgan fingerprint density at radius 3 is 1.68 bits per heavy atom. The number of hydrogen-bond donors (Lipinski definition) is 0. The quantitative estimate of drug-likeness (QED) is 0.296. The van der Waals surface area contributed by atoms with Crippen molar-refractivity contribution in [2.75, 3.05) is 0 Å². The second kappa shape index (κ2) is 9.84. The fourth-order valence-corrected chi connectivity index (χ4v) is 4.63. The minimum absolute atomic E-state index is 0.122. The van der Waals surface area contributed by atoms with E-state index in [-0.39, 0.29) is 5.92 Å². The highest BCUT2D eigenvalue weighted by Crippen LogP contribution is 2.36. The number of nitrogens with zero attached hydrogens (tertiary/aromatic N) is 1. The predicted octanol–water partition coefficient (Wildman–Crippen LogP) is 8.10. The molecule has 0 fully saturated rings. The molecule has 1 nitrogen and oxygen atoms in total. The third-order valence-corrected chi connectivity index (χ3v) is 6.18. The number of rotatable bonds is 6. The van der Waals surface area contributed by atoms with E-state index in [1.165, 1.54) is 16.7 Å². The molecule has 0 amide bonds. The van der Waals surface area contributed by atoms with Gasteiger partial charge >= 0.3 is 0 Å². The Bertz CT molecular complexity index is 1170. The van der Waals surface area contributed by atoms with Crippen LogP contribution in [0.15, 0.2) is 97.1 Å². The van der Waals surface area contributed by atoms with E-state index in [2.05, 4.69) is 54.6 Å². The van der Waals surface area contributed by atoms with Gasteiger partial charge in [0.15, 0.2) is 0 Å². The standard InChI is InChI=1S/C28H21Cl2N/c29-26-7-4-8-27(30)28(26)25(17-20-9-11-22(19-31)12-10-20)18-21-13-15-24(16-14-21)23-5-2-1-3-6-23/h1-16,25H,17-18H2. The number of halogens is 2. The minimum atomic E-state index is 0.122. The van der Waals surface area contributed by atoms with Gasteiger partial charge in [-0.15, -0.1) is 0 Å². The summed E-state index contributed by atoms with van der Waals surface area (Å²) in [5.74, 6) is 0.122. The molecule has 0 aromatic heterocycles. The highest BCUT2D eigenvalue weighted by Gasteiger charge is 2.19. The van der Waals surface area contributed by atoms with Crippen LogP contribution in [0.25, 0.3) is 11.1 Å². The zero-order valence-electron chi connectivity index (χ0n) is 16.9. The normalized spacial score (nSPS) is 11.6. The SMILES string of the molecule is N#Cc1ccc(CC(Cc2ccc(-c3ccccc3)cc2)c2c(Cl)cccc2Cl)cc1. The molecule has 1 unspecified atom stereocenters. The van der Waals surface area contributed by atoms with Gasteiger partial charge in [0.2, 0.25) is 0 Å². The van der Waals surface area contributed by atoms with Crippen LogP contribution in [-0.4, -0.2) is 0 Å². The molecule has 0 saturated carbocycles. The Kier molecular flexibility index (Phi) is 6.73. The van der Waals surface area contributed by atoms with Crippen molar-refractivity contribution in [3.8, 4) is 17.2 Å². The summed E-state index contributed by atoms with van der Waals surface area (Å²) < 4.78 is 0. The molecule has 0 aliphatic rings. The zero-order valence-corrected chi connectivity index (χ0v) is 18.4.